The van der Waals surface area contributed by atoms with Gasteiger partial charge < -0.3 is 10.6 Å². The van der Waals surface area contributed by atoms with Crippen molar-refractivity contribution in [2.24, 2.45) is 0 Å². The van der Waals surface area contributed by atoms with Crippen LogP contribution in [0.5, 0.6) is 0 Å². The van der Waals surface area contributed by atoms with Crippen molar-refractivity contribution in [1.29, 1.82) is 0 Å². The molecule has 2 amide bonds. The van der Waals surface area contributed by atoms with Gasteiger partial charge >= 0.3 is 0 Å². The van der Waals surface area contributed by atoms with E-state index in [2.05, 4.69) is 31.1 Å². The number of rotatable bonds is 7. The predicted molar refractivity (Wildman–Crippen MR) is 75.6 cm³/mol. The third kappa shape index (κ3) is 4.91. The maximum atomic E-state index is 11.7. The van der Waals surface area contributed by atoms with E-state index >= 15 is 0 Å². The normalized spacial score (nSPS) is 10.3. The average Bonchev–Trinajstić information content (AvgIpc) is 3.11. The van der Waals surface area contributed by atoms with E-state index in [1.165, 1.54) is 17.7 Å². The summed E-state index contributed by atoms with van der Waals surface area (Å²) in [6.07, 6.45) is 2.70. The molecule has 0 fully saturated rings. The predicted octanol–water partition coefficient (Wildman–Crippen LogP) is -0.163. The molecule has 9 nitrogen and oxygen atoms in total. The van der Waals surface area contributed by atoms with Gasteiger partial charge in [0, 0.05) is 25.4 Å². The maximum absolute atomic E-state index is 11.7. The lowest BCUT2D eigenvalue weighted by Gasteiger charge is -2.01. The number of carbonyl (C=O) groups is 2. The Labute approximate surface area is 124 Å². The van der Waals surface area contributed by atoms with Gasteiger partial charge in [0.15, 0.2) is 5.13 Å². The molecule has 2 N–H and O–H groups in total. The van der Waals surface area contributed by atoms with Crippen LogP contribution in [0.3, 0.4) is 0 Å². The Morgan fingerprint density at radius 3 is 2.95 bits per heavy atom. The molecule has 2 aromatic heterocycles. The van der Waals surface area contributed by atoms with Gasteiger partial charge in [-0.05, 0) is 16.8 Å². The summed E-state index contributed by atoms with van der Waals surface area (Å²) in [6.45, 7) is 0.584. The molecular formula is C11H15N7O2S. The van der Waals surface area contributed by atoms with Crippen LogP contribution >= 0.6 is 11.3 Å². The van der Waals surface area contributed by atoms with Crippen molar-refractivity contribution in [2.75, 3.05) is 12.4 Å². The standard InChI is InChI=1S/C11H15N7O2S/c1-12-10(20)5-8-6-21-11(14-8)15-9(19)3-2-4-18-7-13-16-17-18/h6-7H,2-5H2,1H3,(H,12,20)(H,14,15,19). The summed E-state index contributed by atoms with van der Waals surface area (Å²) < 4.78 is 1.57. The molecule has 0 spiro atoms. The Kier molecular flexibility index (Phi) is 5.32. The van der Waals surface area contributed by atoms with Crippen LogP contribution in [0.15, 0.2) is 11.7 Å². The van der Waals surface area contributed by atoms with Gasteiger partial charge in [0.05, 0.1) is 12.1 Å². The van der Waals surface area contributed by atoms with Crippen molar-refractivity contribution >= 4 is 28.3 Å². The Balaban J connectivity index is 1.73. The highest BCUT2D eigenvalue weighted by molar-refractivity contribution is 7.13. The summed E-state index contributed by atoms with van der Waals surface area (Å²) >= 11 is 1.30. The lowest BCUT2D eigenvalue weighted by Crippen LogP contribution is -2.20. The number of amides is 2. The second kappa shape index (κ2) is 7.43. The van der Waals surface area contributed by atoms with Crippen LogP contribution in [-0.4, -0.2) is 44.1 Å². The van der Waals surface area contributed by atoms with E-state index in [0.29, 0.717) is 30.2 Å². The molecule has 0 aliphatic carbocycles. The number of carbonyl (C=O) groups excluding carboxylic acids is 2. The van der Waals surface area contributed by atoms with Crippen LogP contribution < -0.4 is 10.6 Å². The molecule has 0 saturated carbocycles. The quantitative estimate of drug-likeness (QED) is 0.734. The zero-order valence-electron chi connectivity index (χ0n) is 11.4. The van der Waals surface area contributed by atoms with E-state index < -0.39 is 0 Å². The third-order valence-corrected chi connectivity index (χ3v) is 3.41. The molecule has 2 heterocycles. The topological polar surface area (TPSA) is 115 Å². The van der Waals surface area contributed by atoms with Gasteiger partial charge in [-0.2, -0.15) is 0 Å². The first kappa shape index (κ1) is 15.0. The number of thiazole rings is 1. The Morgan fingerprint density at radius 2 is 2.24 bits per heavy atom. The largest absolute Gasteiger partial charge is 0.359 e. The van der Waals surface area contributed by atoms with Crippen molar-refractivity contribution in [3.63, 3.8) is 0 Å². The van der Waals surface area contributed by atoms with Crippen LogP contribution in [0.4, 0.5) is 5.13 Å². The van der Waals surface area contributed by atoms with Gasteiger partial charge in [-0.1, -0.05) is 0 Å². The summed E-state index contributed by atoms with van der Waals surface area (Å²) in [5.74, 6) is -0.233. The van der Waals surface area contributed by atoms with E-state index in [0.717, 1.165) is 0 Å². The minimum atomic E-state index is -0.121. The van der Waals surface area contributed by atoms with Gasteiger partial charge in [0.2, 0.25) is 11.8 Å². The average molecular weight is 309 g/mol. The summed E-state index contributed by atoms with van der Waals surface area (Å²) in [4.78, 5) is 27.1. The van der Waals surface area contributed by atoms with E-state index in [4.69, 9.17) is 0 Å². The fraction of sp³-hybridized carbons (Fsp3) is 0.455. The fourth-order valence-electron chi connectivity index (χ4n) is 1.56. The van der Waals surface area contributed by atoms with Gasteiger partial charge in [0.1, 0.15) is 6.33 Å². The van der Waals surface area contributed by atoms with Gasteiger partial charge in [-0.3, -0.25) is 9.59 Å². The van der Waals surface area contributed by atoms with E-state index in [1.54, 1.807) is 17.1 Å². The fourth-order valence-corrected chi connectivity index (χ4v) is 2.29. The third-order valence-electron chi connectivity index (χ3n) is 2.60. The number of likely N-dealkylation sites (N-methyl/N-ethyl adjacent to an activating group) is 1. The summed E-state index contributed by atoms with van der Waals surface area (Å²) in [5, 5.41) is 18.2. The van der Waals surface area contributed by atoms with E-state index in [-0.39, 0.29) is 18.2 Å². The van der Waals surface area contributed by atoms with Crippen LogP contribution in [0.1, 0.15) is 18.5 Å². The molecule has 0 unspecified atom stereocenters. The molecule has 0 saturated heterocycles. The second-order valence-corrected chi connectivity index (χ2v) is 5.08. The molecule has 0 radical (unpaired) electrons. The van der Waals surface area contributed by atoms with Crippen LogP contribution in [0, 0.1) is 0 Å². The molecule has 0 aliphatic rings. The molecule has 2 rings (SSSR count). The first-order valence-corrected chi connectivity index (χ1v) is 7.21. The number of nitrogens with zero attached hydrogens (tertiary/aromatic N) is 5. The van der Waals surface area contributed by atoms with Crippen molar-refractivity contribution in [3.8, 4) is 0 Å². The van der Waals surface area contributed by atoms with Crippen LogP contribution in [-0.2, 0) is 22.6 Å². The molecule has 2 aromatic rings. The van der Waals surface area contributed by atoms with Crippen molar-refractivity contribution < 1.29 is 9.59 Å². The molecule has 0 aromatic carbocycles. The van der Waals surface area contributed by atoms with E-state index in [1.807, 2.05) is 0 Å². The zero-order chi connectivity index (χ0) is 15.1. The number of tetrazole rings is 1. The summed E-state index contributed by atoms with van der Waals surface area (Å²) in [6, 6.07) is 0. The number of aryl methyl sites for hydroxylation is 1. The smallest absolute Gasteiger partial charge is 0.226 e. The SMILES string of the molecule is CNC(=O)Cc1csc(NC(=O)CCCn2cnnn2)n1. The molecule has 0 aliphatic heterocycles. The molecule has 21 heavy (non-hydrogen) atoms. The summed E-state index contributed by atoms with van der Waals surface area (Å²) in [5.41, 5.74) is 0.642. The number of nitrogens with one attached hydrogen (secondary N) is 2. The monoisotopic (exact) mass is 309 g/mol. The van der Waals surface area contributed by atoms with E-state index in [9.17, 15) is 9.59 Å². The first-order chi connectivity index (χ1) is 10.2. The molecule has 112 valence electrons. The minimum Gasteiger partial charge on any atom is -0.359 e. The number of anilines is 1. The van der Waals surface area contributed by atoms with Gasteiger partial charge in [-0.15, -0.1) is 16.4 Å². The lowest BCUT2D eigenvalue weighted by atomic mass is 10.3. The second-order valence-electron chi connectivity index (χ2n) is 4.22. The highest BCUT2D eigenvalue weighted by Gasteiger charge is 2.09. The molecule has 0 atom stereocenters. The number of hydrogen-bond donors (Lipinski definition) is 2. The highest BCUT2D eigenvalue weighted by atomic mass is 32.1. The Morgan fingerprint density at radius 1 is 1.38 bits per heavy atom. The van der Waals surface area contributed by atoms with Crippen LogP contribution in [0.25, 0.3) is 0 Å². The summed E-state index contributed by atoms with van der Waals surface area (Å²) in [7, 11) is 1.57. The van der Waals surface area contributed by atoms with Gasteiger partial charge in [-0.25, -0.2) is 9.67 Å². The van der Waals surface area contributed by atoms with Crippen molar-refractivity contribution in [1.82, 2.24) is 30.5 Å². The highest BCUT2D eigenvalue weighted by Crippen LogP contribution is 2.16. The number of aromatic nitrogens is 5. The Hall–Kier alpha value is -2.36. The lowest BCUT2D eigenvalue weighted by molar-refractivity contribution is -0.120. The molecule has 0 bridgehead atoms. The van der Waals surface area contributed by atoms with Gasteiger partial charge in [0.25, 0.3) is 0 Å². The maximum Gasteiger partial charge on any atom is 0.226 e. The molecular weight excluding hydrogens is 294 g/mol. The zero-order valence-corrected chi connectivity index (χ0v) is 12.3. The van der Waals surface area contributed by atoms with Crippen molar-refractivity contribution in [3.05, 3.63) is 17.4 Å². The first-order valence-electron chi connectivity index (χ1n) is 6.33. The minimum absolute atomic E-state index is 0.111. The molecule has 10 heteroatoms. The Bertz CT molecular complexity index is 595. The number of hydrogen-bond acceptors (Lipinski definition) is 7. The van der Waals surface area contributed by atoms with Crippen LogP contribution in [0.2, 0.25) is 0 Å². The van der Waals surface area contributed by atoms with Crippen molar-refractivity contribution in [2.45, 2.75) is 25.8 Å².